The van der Waals surface area contributed by atoms with Gasteiger partial charge in [0.05, 0.1) is 23.1 Å². The average molecular weight is 590 g/mol. The second-order valence-corrected chi connectivity index (χ2v) is 12.5. The van der Waals surface area contributed by atoms with E-state index in [1.54, 1.807) is 12.3 Å². The molecule has 0 aliphatic heterocycles. The summed E-state index contributed by atoms with van der Waals surface area (Å²) < 4.78 is 8.24. The topological polar surface area (TPSA) is 103 Å². The number of carbonyl (C=O) groups is 2. The Morgan fingerprint density at radius 2 is 1.80 bits per heavy atom. The second kappa shape index (κ2) is 11.3. The van der Waals surface area contributed by atoms with Crippen molar-refractivity contribution in [1.29, 1.82) is 0 Å². The molecule has 5 aromatic rings. The molecule has 0 saturated carbocycles. The zero-order valence-corrected chi connectivity index (χ0v) is 24.6. The van der Waals surface area contributed by atoms with Crippen molar-refractivity contribution in [2.45, 2.75) is 33.9 Å². The van der Waals surface area contributed by atoms with E-state index in [2.05, 4.69) is 5.16 Å². The van der Waals surface area contributed by atoms with Gasteiger partial charge in [0.25, 0.3) is 11.5 Å². The molecule has 4 aromatic heterocycles. The number of nitrogens with zero attached hydrogens (tertiary/aromatic N) is 5. The summed E-state index contributed by atoms with van der Waals surface area (Å²) in [7, 11) is 1.88. The second-order valence-electron chi connectivity index (χ2n) is 10.7. The van der Waals surface area contributed by atoms with Gasteiger partial charge in [-0.3, -0.25) is 14.4 Å². The van der Waals surface area contributed by atoms with Crippen molar-refractivity contribution >= 4 is 40.4 Å². The molecule has 0 radical (unpaired) electrons. The smallest absolute Gasteiger partial charge is 0.258 e. The predicted octanol–water partition coefficient (Wildman–Crippen LogP) is 6.29. The van der Waals surface area contributed by atoms with Gasteiger partial charge in [0, 0.05) is 46.8 Å². The quantitative estimate of drug-likeness (QED) is 0.196. The van der Waals surface area contributed by atoms with E-state index < -0.39 is 5.41 Å². The van der Waals surface area contributed by atoms with Crippen molar-refractivity contribution in [3.05, 3.63) is 98.4 Å². The Morgan fingerprint density at radius 3 is 2.44 bits per heavy atom. The van der Waals surface area contributed by atoms with Crippen molar-refractivity contribution in [2.24, 2.45) is 5.41 Å². The predicted molar refractivity (Wildman–Crippen MR) is 160 cm³/mol. The molecule has 0 N–H and O–H groups in total. The minimum absolute atomic E-state index is 0.126. The highest BCUT2D eigenvalue weighted by Crippen LogP contribution is 2.31. The molecule has 0 fully saturated rings. The summed E-state index contributed by atoms with van der Waals surface area (Å²) >= 11 is 7.61. The highest BCUT2D eigenvalue weighted by atomic mass is 35.5. The van der Waals surface area contributed by atoms with Crippen LogP contribution in [0.25, 0.3) is 22.4 Å². The van der Waals surface area contributed by atoms with Gasteiger partial charge in [0.15, 0.2) is 5.69 Å². The minimum atomic E-state index is -0.705. The number of ketones is 1. The maximum Gasteiger partial charge on any atom is 0.258 e. The van der Waals surface area contributed by atoms with Crippen LogP contribution < -0.4 is 10.5 Å². The molecule has 5 rings (SSSR count). The summed E-state index contributed by atoms with van der Waals surface area (Å²) in [5, 5.41) is 8.43. The van der Waals surface area contributed by atoms with Gasteiger partial charge in [0.2, 0.25) is 5.78 Å². The Kier molecular flexibility index (Phi) is 7.79. The molecule has 4 heterocycles. The number of Topliss-reactive ketones (excluding diaryl/α,β-unsaturated/α-hetero) is 1. The van der Waals surface area contributed by atoms with Crippen LogP contribution in [0.3, 0.4) is 0 Å². The van der Waals surface area contributed by atoms with E-state index in [4.69, 9.17) is 21.2 Å². The van der Waals surface area contributed by atoms with E-state index in [1.807, 2.05) is 81.2 Å². The summed E-state index contributed by atoms with van der Waals surface area (Å²) in [6.45, 7) is 5.78. The van der Waals surface area contributed by atoms with Crippen LogP contribution in [-0.2, 0) is 13.1 Å². The first-order chi connectivity index (χ1) is 19.5. The van der Waals surface area contributed by atoms with Crippen LogP contribution in [0.15, 0.2) is 82.4 Å². The highest BCUT2D eigenvalue weighted by molar-refractivity contribution is 7.16. The SMILES string of the molecule is CN(Cc1ccc(Cl)s1)c1cc(-c2cc(-c3ccccc3)c(=O)n(CC(=O)c3ccon3)c2)nn1C(=O)C(C)(C)C. The Balaban J connectivity index is 1.63. The molecule has 11 heteroatoms. The molecule has 0 amide bonds. The maximum atomic E-state index is 13.6. The summed E-state index contributed by atoms with van der Waals surface area (Å²) in [4.78, 5) is 42.9. The summed E-state index contributed by atoms with van der Waals surface area (Å²) in [6, 6.07) is 18.0. The third kappa shape index (κ3) is 6.08. The fraction of sp³-hybridized carbons (Fsp3) is 0.233. The van der Waals surface area contributed by atoms with Crippen molar-refractivity contribution in [3.8, 4) is 22.4 Å². The largest absolute Gasteiger partial charge is 0.364 e. The number of carbonyl (C=O) groups excluding carboxylic acids is 2. The lowest BCUT2D eigenvalue weighted by Crippen LogP contribution is -2.31. The molecule has 0 bridgehead atoms. The molecule has 0 unspecified atom stereocenters. The molecule has 0 spiro atoms. The van der Waals surface area contributed by atoms with Crippen LogP contribution in [0.2, 0.25) is 4.34 Å². The molecule has 1 aromatic carbocycles. The highest BCUT2D eigenvalue weighted by Gasteiger charge is 2.29. The zero-order chi connectivity index (χ0) is 29.3. The number of benzene rings is 1. The molecule has 0 saturated heterocycles. The third-order valence-corrected chi connectivity index (χ3v) is 7.66. The minimum Gasteiger partial charge on any atom is -0.364 e. The molecule has 41 heavy (non-hydrogen) atoms. The normalized spacial score (nSPS) is 11.5. The van der Waals surface area contributed by atoms with Gasteiger partial charge in [-0.25, -0.2) is 0 Å². The van der Waals surface area contributed by atoms with Crippen LogP contribution >= 0.6 is 22.9 Å². The van der Waals surface area contributed by atoms with Gasteiger partial charge in [-0.15, -0.1) is 11.3 Å². The molecule has 0 aliphatic rings. The van der Waals surface area contributed by atoms with Crippen LogP contribution in [0, 0.1) is 5.41 Å². The molecular formula is C30H28ClN5O4S. The first-order valence-corrected chi connectivity index (χ1v) is 14.0. The van der Waals surface area contributed by atoms with Crippen molar-refractivity contribution in [1.82, 2.24) is 19.5 Å². The summed E-state index contributed by atoms with van der Waals surface area (Å²) in [6.07, 6.45) is 2.90. The number of halogens is 1. The number of pyridine rings is 1. The number of rotatable bonds is 8. The lowest BCUT2D eigenvalue weighted by Gasteiger charge is -2.22. The summed E-state index contributed by atoms with van der Waals surface area (Å²) in [5.74, 6) is 0.0234. The van der Waals surface area contributed by atoms with Crippen LogP contribution in [0.1, 0.15) is 40.9 Å². The Bertz CT molecular complexity index is 1760. The van der Waals surface area contributed by atoms with Crippen molar-refractivity contribution in [2.75, 3.05) is 11.9 Å². The van der Waals surface area contributed by atoms with E-state index >= 15 is 0 Å². The van der Waals surface area contributed by atoms with Gasteiger partial charge in [-0.1, -0.05) is 67.9 Å². The number of anilines is 1. The molecule has 0 aliphatic carbocycles. The molecule has 9 nitrogen and oxygen atoms in total. The summed E-state index contributed by atoms with van der Waals surface area (Å²) in [5.41, 5.74) is 1.23. The van der Waals surface area contributed by atoms with E-state index in [0.717, 1.165) is 4.88 Å². The first kappa shape index (κ1) is 28.3. The number of aromatic nitrogens is 4. The molecular weight excluding hydrogens is 562 g/mol. The van der Waals surface area contributed by atoms with Gasteiger partial charge in [0.1, 0.15) is 12.1 Å². The van der Waals surface area contributed by atoms with Crippen LogP contribution in [-0.4, -0.2) is 38.2 Å². The van der Waals surface area contributed by atoms with E-state index in [-0.39, 0.29) is 29.5 Å². The Hall–Kier alpha value is -4.28. The van der Waals surface area contributed by atoms with Gasteiger partial charge < -0.3 is 14.0 Å². The fourth-order valence-corrected chi connectivity index (χ4v) is 5.45. The fourth-order valence-electron chi connectivity index (χ4n) is 4.31. The van der Waals surface area contributed by atoms with Crippen molar-refractivity contribution < 1.29 is 14.1 Å². The van der Waals surface area contributed by atoms with Crippen LogP contribution in [0.5, 0.6) is 0 Å². The average Bonchev–Trinajstić information content (AvgIpc) is 3.71. The Labute approximate surface area is 245 Å². The lowest BCUT2D eigenvalue weighted by atomic mass is 9.96. The molecule has 210 valence electrons. The van der Waals surface area contributed by atoms with E-state index in [1.165, 1.54) is 32.9 Å². The van der Waals surface area contributed by atoms with E-state index in [0.29, 0.717) is 39.1 Å². The zero-order valence-electron chi connectivity index (χ0n) is 23.0. The van der Waals surface area contributed by atoms with Crippen LogP contribution in [0.4, 0.5) is 5.82 Å². The van der Waals surface area contributed by atoms with Gasteiger partial charge in [-0.05, 0) is 23.8 Å². The first-order valence-electron chi connectivity index (χ1n) is 12.9. The van der Waals surface area contributed by atoms with Gasteiger partial charge >= 0.3 is 0 Å². The van der Waals surface area contributed by atoms with Gasteiger partial charge in [-0.2, -0.15) is 9.78 Å². The third-order valence-electron chi connectivity index (χ3n) is 6.44. The maximum absolute atomic E-state index is 13.6. The molecule has 0 atom stereocenters. The standard InChI is InChI=1S/C30H28ClN5O4S/c1-30(2,3)29(39)36-27(34(4)17-21-10-11-26(31)41-21)15-24(32-36)20-14-22(19-8-6-5-7-9-19)28(38)35(16-20)18-25(37)23-12-13-40-33-23/h5-16H,17-18H2,1-4H3. The number of hydrogen-bond acceptors (Lipinski definition) is 8. The number of hydrogen-bond donors (Lipinski definition) is 0. The lowest BCUT2D eigenvalue weighted by molar-refractivity contribution is 0.0751. The number of thiophene rings is 1. The van der Waals surface area contributed by atoms with Crippen molar-refractivity contribution in [3.63, 3.8) is 0 Å². The Morgan fingerprint density at radius 1 is 1.05 bits per heavy atom. The van der Waals surface area contributed by atoms with E-state index in [9.17, 15) is 14.4 Å². The monoisotopic (exact) mass is 589 g/mol.